The number of imidazole rings is 1. The lowest BCUT2D eigenvalue weighted by Gasteiger charge is -2.02. The fourth-order valence-electron chi connectivity index (χ4n) is 1.82. The van der Waals surface area contributed by atoms with Crippen molar-refractivity contribution in [2.24, 2.45) is 0 Å². The summed E-state index contributed by atoms with van der Waals surface area (Å²) in [6.07, 6.45) is -1.04. The predicted molar refractivity (Wildman–Crippen MR) is 69.3 cm³/mol. The summed E-state index contributed by atoms with van der Waals surface area (Å²) in [7, 11) is 0. The summed E-state index contributed by atoms with van der Waals surface area (Å²) in [4.78, 5) is 21.8. The SMILES string of the molecule is Cc1ccn2ncc(C(=O)Nc3ncc(C(F)(F)F)[nH]3)c2n1. The second kappa shape index (κ2) is 4.83. The second-order valence-corrected chi connectivity index (χ2v) is 4.49. The van der Waals surface area contributed by atoms with Gasteiger partial charge in [-0.05, 0) is 13.0 Å². The number of hydrogen-bond donors (Lipinski definition) is 2. The Hall–Kier alpha value is -2.91. The molecule has 0 unspecified atom stereocenters. The molecule has 0 spiro atoms. The Labute approximate surface area is 121 Å². The zero-order valence-corrected chi connectivity index (χ0v) is 11.1. The molecule has 22 heavy (non-hydrogen) atoms. The van der Waals surface area contributed by atoms with Crippen LogP contribution in [0.4, 0.5) is 19.1 Å². The molecule has 10 heteroatoms. The molecular weight excluding hydrogens is 301 g/mol. The third-order valence-electron chi connectivity index (χ3n) is 2.87. The van der Waals surface area contributed by atoms with Gasteiger partial charge in [0.05, 0.1) is 12.4 Å². The van der Waals surface area contributed by atoms with Gasteiger partial charge in [-0.25, -0.2) is 14.5 Å². The number of H-pyrrole nitrogens is 1. The minimum Gasteiger partial charge on any atom is -0.320 e. The van der Waals surface area contributed by atoms with Crippen molar-refractivity contribution in [1.82, 2.24) is 24.6 Å². The number of anilines is 1. The first-order valence-electron chi connectivity index (χ1n) is 6.09. The summed E-state index contributed by atoms with van der Waals surface area (Å²) < 4.78 is 38.8. The highest BCUT2D eigenvalue weighted by Crippen LogP contribution is 2.28. The molecule has 3 aromatic heterocycles. The maximum Gasteiger partial charge on any atom is 0.432 e. The monoisotopic (exact) mass is 310 g/mol. The van der Waals surface area contributed by atoms with Gasteiger partial charge in [-0.15, -0.1) is 0 Å². The molecule has 0 radical (unpaired) electrons. The number of nitrogens with one attached hydrogen (secondary N) is 2. The average Bonchev–Trinajstić information content (AvgIpc) is 3.04. The largest absolute Gasteiger partial charge is 0.432 e. The van der Waals surface area contributed by atoms with E-state index in [2.05, 4.69) is 20.4 Å². The Kier molecular flexibility index (Phi) is 3.08. The third kappa shape index (κ3) is 2.50. The van der Waals surface area contributed by atoms with E-state index in [4.69, 9.17) is 0 Å². The first kappa shape index (κ1) is 14.0. The number of amides is 1. The summed E-state index contributed by atoms with van der Waals surface area (Å²) in [5.41, 5.74) is 0.0739. The molecule has 3 aromatic rings. The van der Waals surface area contributed by atoms with Gasteiger partial charge in [-0.2, -0.15) is 18.3 Å². The summed E-state index contributed by atoms with van der Waals surface area (Å²) in [6.45, 7) is 1.75. The normalized spacial score (nSPS) is 11.8. The lowest BCUT2D eigenvalue weighted by molar-refractivity contribution is -0.140. The van der Waals surface area contributed by atoms with Gasteiger partial charge < -0.3 is 4.98 Å². The lowest BCUT2D eigenvalue weighted by atomic mass is 10.3. The van der Waals surface area contributed by atoms with Crippen LogP contribution in [0.3, 0.4) is 0 Å². The van der Waals surface area contributed by atoms with Crippen molar-refractivity contribution in [2.45, 2.75) is 13.1 Å². The molecule has 0 saturated carbocycles. The summed E-state index contributed by atoms with van der Waals surface area (Å²) in [6, 6.07) is 1.71. The molecule has 0 aliphatic heterocycles. The van der Waals surface area contributed by atoms with E-state index in [9.17, 15) is 18.0 Å². The first-order valence-corrected chi connectivity index (χ1v) is 6.09. The molecule has 0 aromatic carbocycles. The van der Waals surface area contributed by atoms with Gasteiger partial charge in [0.15, 0.2) is 5.65 Å². The van der Waals surface area contributed by atoms with Crippen molar-refractivity contribution in [3.63, 3.8) is 0 Å². The molecule has 3 rings (SSSR count). The number of carbonyl (C=O) groups is 1. The van der Waals surface area contributed by atoms with Crippen LogP contribution in [0.5, 0.6) is 0 Å². The van der Waals surface area contributed by atoms with E-state index in [1.54, 1.807) is 19.2 Å². The zero-order chi connectivity index (χ0) is 15.9. The highest BCUT2D eigenvalue weighted by Gasteiger charge is 2.33. The quantitative estimate of drug-likeness (QED) is 0.758. The van der Waals surface area contributed by atoms with E-state index in [-0.39, 0.29) is 11.5 Å². The fraction of sp³-hybridized carbons (Fsp3) is 0.167. The Morgan fingerprint density at radius 3 is 2.82 bits per heavy atom. The van der Waals surface area contributed by atoms with Gasteiger partial charge in [0.25, 0.3) is 5.91 Å². The topological polar surface area (TPSA) is 88.0 Å². The molecule has 1 amide bonds. The molecule has 7 nitrogen and oxygen atoms in total. The summed E-state index contributed by atoms with van der Waals surface area (Å²) >= 11 is 0. The van der Waals surface area contributed by atoms with Crippen molar-refractivity contribution < 1.29 is 18.0 Å². The number of aromatic amines is 1. The van der Waals surface area contributed by atoms with E-state index in [0.717, 1.165) is 0 Å². The number of halogens is 3. The fourth-order valence-corrected chi connectivity index (χ4v) is 1.82. The van der Waals surface area contributed by atoms with Gasteiger partial charge in [0.1, 0.15) is 11.3 Å². The summed E-state index contributed by atoms with van der Waals surface area (Å²) in [5.74, 6) is -0.958. The molecule has 2 N–H and O–H groups in total. The van der Waals surface area contributed by atoms with Gasteiger partial charge in [-0.1, -0.05) is 0 Å². The third-order valence-corrected chi connectivity index (χ3v) is 2.87. The van der Waals surface area contributed by atoms with Crippen LogP contribution in [0.15, 0.2) is 24.7 Å². The summed E-state index contributed by atoms with van der Waals surface area (Å²) in [5, 5.41) is 6.20. The first-order chi connectivity index (χ1) is 10.3. The molecule has 0 saturated heterocycles. The van der Waals surface area contributed by atoms with Crippen molar-refractivity contribution >= 4 is 17.5 Å². The van der Waals surface area contributed by atoms with Crippen molar-refractivity contribution in [3.05, 3.63) is 41.6 Å². The van der Waals surface area contributed by atoms with E-state index >= 15 is 0 Å². The van der Waals surface area contributed by atoms with E-state index in [1.807, 2.05) is 4.98 Å². The van der Waals surface area contributed by atoms with Crippen LogP contribution in [0, 0.1) is 6.92 Å². The standard InChI is InChI=1S/C12H9F3N6O/c1-6-2-3-21-9(18-6)7(4-17-21)10(22)20-11-16-5-8(19-11)12(13,14)15/h2-5H,1H3,(H2,16,19,20,22). The Balaban J connectivity index is 1.87. The van der Waals surface area contributed by atoms with Gasteiger partial charge in [-0.3, -0.25) is 10.1 Å². The number of carbonyl (C=O) groups excluding carboxylic acids is 1. The molecule has 0 aliphatic rings. The molecule has 0 bridgehead atoms. The minimum atomic E-state index is -4.56. The number of nitrogens with zero attached hydrogens (tertiary/aromatic N) is 4. The average molecular weight is 310 g/mol. The van der Waals surface area contributed by atoms with Crippen LogP contribution in [0.2, 0.25) is 0 Å². The van der Waals surface area contributed by atoms with Crippen LogP contribution < -0.4 is 5.32 Å². The predicted octanol–water partition coefficient (Wildman–Crippen LogP) is 2.03. The van der Waals surface area contributed by atoms with Gasteiger partial charge in [0.2, 0.25) is 5.95 Å². The number of fused-ring (bicyclic) bond motifs is 1. The van der Waals surface area contributed by atoms with E-state index in [0.29, 0.717) is 17.5 Å². The van der Waals surface area contributed by atoms with Crippen LogP contribution in [-0.2, 0) is 6.18 Å². The van der Waals surface area contributed by atoms with Crippen molar-refractivity contribution in [3.8, 4) is 0 Å². The second-order valence-electron chi connectivity index (χ2n) is 4.49. The van der Waals surface area contributed by atoms with E-state index < -0.39 is 17.8 Å². The van der Waals surface area contributed by atoms with Crippen LogP contribution in [-0.4, -0.2) is 30.5 Å². The molecule has 0 fully saturated rings. The molecule has 0 atom stereocenters. The van der Waals surface area contributed by atoms with Crippen LogP contribution in [0.25, 0.3) is 5.65 Å². The maximum absolute atomic E-state index is 12.5. The Morgan fingerprint density at radius 1 is 1.36 bits per heavy atom. The van der Waals surface area contributed by atoms with Crippen molar-refractivity contribution in [2.75, 3.05) is 5.32 Å². The number of hydrogen-bond acceptors (Lipinski definition) is 4. The zero-order valence-electron chi connectivity index (χ0n) is 11.1. The van der Waals surface area contributed by atoms with Gasteiger partial charge in [0, 0.05) is 11.9 Å². The number of alkyl halides is 3. The van der Waals surface area contributed by atoms with Crippen LogP contribution >= 0.6 is 0 Å². The number of rotatable bonds is 2. The number of aryl methyl sites for hydroxylation is 1. The van der Waals surface area contributed by atoms with Crippen LogP contribution in [0.1, 0.15) is 21.7 Å². The highest BCUT2D eigenvalue weighted by molar-refractivity contribution is 6.07. The van der Waals surface area contributed by atoms with E-state index in [1.165, 1.54) is 10.7 Å². The lowest BCUT2D eigenvalue weighted by Crippen LogP contribution is -2.14. The Morgan fingerprint density at radius 2 is 2.14 bits per heavy atom. The highest BCUT2D eigenvalue weighted by atomic mass is 19.4. The maximum atomic E-state index is 12.5. The molecule has 0 aliphatic carbocycles. The molecule has 114 valence electrons. The molecular formula is C12H9F3N6O. The van der Waals surface area contributed by atoms with Crippen molar-refractivity contribution in [1.29, 1.82) is 0 Å². The smallest absolute Gasteiger partial charge is 0.320 e. The van der Waals surface area contributed by atoms with Gasteiger partial charge >= 0.3 is 6.18 Å². The minimum absolute atomic E-state index is 0.133. The molecule has 3 heterocycles. The number of aromatic nitrogens is 5. The Bertz CT molecular complexity index is 850.